The van der Waals surface area contributed by atoms with Gasteiger partial charge in [0.25, 0.3) is 0 Å². The van der Waals surface area contributed by atoms with Gasteiger partial charge in [-0.05, 0) is 42.3 Å². The van der Waals surface area contributed by atoms with Gasteiger partial charge in [0, 0.05) is 22.6 Å². The molecule has 1 aliphatic heterocycles. The molecule has 1 heterocycles. The van der Waals surface area contributed by atoms with Crippen molar-refractivity contribution in [2.75, 3.05) is 6.61 Å². The van der Waals surface area contributed by atoms with Crippen LogP contribution in [0, 0.1) is 6.92 Å². The minimum Gasteiger partial charge on any atom is -0.493 e. The van der Waals surface area contributed by atoms with Crippen molar-refractivity contribution in [3.8, 4) is 5.75 Å². The topological polar surface area (TPSA) is 26.3 Å². The molecule has 0 saturated heterocycles. The van der Waals surface area contributed by atoms with E-state index < -0.39 is 0 Å². The van der Waals surface area contributed by atoms with Crippen LogP contribution >= 0.6 is 11.6 Å². The zero-order valence-electron chi connectivity index (χ0n) is 10.6. The maximum atomic E-state index is 12.5. The first-order valence-electron chi connectivity index (χ1n) is 6.22. The standard InChI is InChI=1S/C16H13ClO2/c1-10-13(3-2-4-14(10)17)16(18)12-5-6-15-11(9-12)7-8-19-15/h2-6,9H,7-8H2,1H3. The molecular weight excluding hydrogens is 260 g/mol. The third kappa shape index (κ3) is 2.13. The van der Waals surface area contributed by atoms with Crippen LogP contribution in [0.5, 0.6) is 5.75 Å². The van der Waals surface area contributed by atoms with Crippen molar-refractivity contribution >= 4 is 17.4 Å². The quantitative estimate of drug-likeness (QED) is 0.777. The van der Waals surface area contributed by atoms with Gasteiger partial charge in [-0.15, -0.1) is 0 Å². The molecule has 0 amide bonds. The first-order valence-corrected chi connectivity index (χ1v) is 6.60. The Hall–Kier alpha value is -1.80. The molecular formula is C16H13ClO2. The van der Waals surface area contributed by atoms with E-state index in [4.69, 9.17) is 16.3 Å². The molecule has 0 aromatic heterocycles. The minimum atomic E-state index is 0.00898. The molecule has 3 heteroatoms. The molecule has 96 valence electrons. The number of benzene rings is 2. The molecule has 1 aliphatic rings. The highest BCUT2D eigenvalue weighted by Crippen LogP contribution is 2.28. The highest BCUT2D eigenvalue weighted by Gasteiger charge is 2.17. The summed E-state index contributed by atoms with van der Waals surface area (Å²) in [5, 5.41) is 0.621. The van der Waals surface area contributed by atoms with Crippen molar-refractivity contribution in [2.24, 2.45) is 0 Å². The van der Waals surface area contributed by atoms with Crippen molar-refractivity contribution < 1.29 is 9.53 Å². The van der Waals surface area contributed by atoms with Gasteiger partial charge in [0.15, 0.2) is 5.78 Å². The molecule has 0 aliphatic carbocycles. The number of carbonyl (C=O) groups is 1. The molecule has 0 atom stereocenters. The van der Waals surface area contributed by atoms with Gasteiger partial charge in [-0.2, -0.15) is 0 Å². The predicted octanol–water partition coefficient (Wildman–Crippen LogP) is 3.81. The molecule has 0 saturated carbocycles. The molecule has 0 spiro atoms. The molecule has 19 heavy (non-hydrogen) atoms. The fraction of sp³-hybridized carbons (Fsp3) is 0.188. The largest absolute Gasteiger partial charge is 0.493 e. The number of carbonyl (C=O) groups excluding carboxylic acids is 1. The average molecular weight is 273 g/mol. The van der Waals surface area contributed by atoms with Gasteiger partial charge in [0.1, 0.15) is 5.75 Å². The maximum Gasteiger partial charge on any atom is 0.193 e. The fourth-order valence-corrected chi connectivity index (χ4v) is 2.51. The highest BCUT2D eigenvalue weighted by molar-refractivity contribution is 6.32. The molecule has 2 nitrogen and oxygen atoms in total. The molecule has 0 radical (unpaired) electrons. The van der Waals surface area contributed by atoms with Crippen molar-refractivity contribution in [3.63, 3.8) is 0 Å². The molecule has 0 bridgehead atoms. The second kappa shape index (κ2) is 4.71. The second-order valence-electron chi connectivity index (χ2n) is 4.66. The van der Waals surface area contributed by atoms with Crippen LogP contribution in [0.3, 0.4) is 0 Å². The van der Waals surface area contributed by atoms with Gasteiger partial charge >= 0.3 is 0 Å². The summed E-state index contributed by atoms with van der Waals surface area (Å²) in [6.45, 7) is 2.56. The first kappa shape index (κ1) is 12.2. The lowest BCUT2D eigenvalue weighted by Gasteiger charge is -2.07. The van der Waals surface area contributed by atoms with E-state index in [0.29, 0.717) is 22.8 Å². The van der Waals surface area contributed by atoms with E-state index in [2.05, 4.69) is 0 Å². The van der Waals surface area contributed by atoms with Gasteiger partial charge in [0.2, 0.25) is 0 Å². The zero-order valence-corrected chi connectivity index (χ0v) is 11.3. The van der Waals surface area contributed by atoms with Crippen LogP contribution in [0.2, 0.25) is 5.02 Å². The van der Waals surface area contributed by atoms with E-state index in [1.54, 1.807) is 12.1 Å². The van der Waals surface area contributed by atoms with Crippen molar-refractivity contribution in [1.82, 2.24) is 0 Å². The van der Waals surface area contributed by atoms with Gasteiger partial charge in [-0.3, -0.25) is 4.79 Å². The number of rotatable bonds is 2. The first-order chi connectivity index (χ1) is 9.16. The number of ketones is 1. The summed E-state index contributed by atoms with van der Waals surface area (Å²) in [5.74, 6) is 0.897. The number of halogens is 1. The van der Waals surface area contributed by atoms with Crippen molar-refractivity contribution in [3.05, 3.63) is 63.7 Å². The summed E-state index contributed by atoms with van der Waals surface area (Å²) in [7, 11) is 0. The lowest BCUT2D eigenvalue weighted by molar-refractivity contribution is 0.103. The summed E-state index contributed by atoms with van der Waals surface area (Å²) in [6, 6.07) is 11.0. The molecule has 2 aromatic rings. The number of hydrogen-bond donors (Lipinski definition) is 0. The summed E-state index contributed by atoms with van der Waals surface area (Å²) >= 11 is 6.07. The third-order valence-electron chi connectivity index (χ3n) is 3.46. The van der Waals surface area contributed by atoms with E-state index >= 15 is 0 Å². The third-order valence-corrected chi connectivity index (χ3v) is 3.87. The van der Waals surface area contributed by atoms with Crippen molar-refractivity contribution in [1.29, 1.82) is 0 Å². The molecule has 0 unspecified atom stereocenters. The van der Waals surface area contributed by atoms with Crippen LogP contribution in [-0.2, 0) is 6.42 Å². The van der Waals surface area contributed by atoms with Crippen molar-refractivity contribution in [2.45, 2.75) is 13.3 Å². The molecule has 2 aromatic carbocycles. The van der Waals surface area contributed by atoms with E-state index in [0.717, 1.165) is 23.3 Å². The normalized spacial score (nSPS) is 12.9. The lowest BCUT2D eigenvalue weighted by atomic mass is 9.97. The maximum absolute atomic E-state index is 12.5. The van der Waals surface area contributed by atoms with Crippen LogP contribution in [0.15, 0.2) is 36.4 Å². The Kier molecular flexibility index (Phi) is 3.03. The Balaban J connectivity index is 2.02. The van der Waals surface area contributed by atoms with Crippen LogP contribution in [0.4, 0.5) is 0 Å². The number of fused-ring (bicyclic) bond motifs is 1. The lowest BCUT2D eigenvalue weighted by Crippen LogP contribution is -2.04. The van der Waals surface area contributed by atoms with Crippen LogP contribution in [0.1, 0.15) is 27.0 Å². The van der Waals surface area contributed by atoms with E-state index in [1.165, 1.54) is 0 Å². The predicted molar refractivity (Wildman–Crippen MR) is 75.3 cm³/mol. The monoisotopic (exact) mass is 272 g/mol. The average Bonchev–Trinajstić information content (AvgIpc) is 2.88. The fourth-order valence-electron chi connectivity index (χ4n) is 2.34. The summed E-state index contributed by atoms with van der Waals surface area (Å²) in [6.07, 6.45) is 0.866. The summed E-state index contributed by atoms with van der Waals surface area (Å²) < 4.78 is 5.45. The SMILES string of the molecule is Cc1c(Cl)cccc1C(=O)c1ccc2c(c1)CCO2. The van der Waals surface area contributed by atoms with Crippen LogP contribution in [0.25, 0.3) is 0 Å². The van der Waals surface area contributed by atoms with Gasteiger partial charge in [-0.25, -0.2) is 0 Å². The minimum absolute atomic E-state index is 0.00898. The molecule has 3 rings (SSSR count). The van der Waals surface area contributed by atoms with Crippen LogP contribution < -0.4 is 4.74 Å². The number of ether oxygens (including phenoxy) is 1. The highest BCUT2D eigenvalue weighted by atomic mass is 35.5. The Morgan fingerprint density at radius 3 is 2.95 bits per heavy atom. The van der Waals surface area contributed by atoms with Gasteiger partial charge in [0.05, 0.1) is 6.61 Å². The Morgan fingerprint density at radius 2 is 2.11 bits per heavy atom. The zero-order chi connectivity index (χ0) is 13.4. The van der Waals surface area contributed by atoms with E-state index in [9.17, 15) is 4.79 Å². The Labute approximate surface area is 117 Å². The molecule has 0 fully saturated rings. The Morgan fingerprint density at radius 1 is 1.26 bits per heavy atom. The van der Waals surface area contributed by atoms with E-state index in [1.807, 2.05) is 31.2 Å². The summed E-state index contributed by atoms with van der Waals surface area (Å²) in [5.41, 5.74) is 3.28. The van der Waals surface area contributed by atoms with Crippen LogP contribution in [-0.4, -0.2) is 12.4 Å². The Bertz CT molecular complexity index is 662. The smallest absolute Gasteiger partial charge is 0.193 e. The second-order valence-corrected chi connectivity index (χ2v) is 5.07. The van der Waals surface area contributed by atoms with Gasteiger partial charge < -0.3 is 4.74 Å². The number of hydrogen-bond acceptors (Lipinski definition) is 2. The van der Waals surface area contributed by atoms with Gasteiger partial charge in [-0.1, -0.05) is 23.7 Å². The molecule has 0 N–H and O–H groups in total. The summed E-state index contributed by atoms with van der Waals surface area (Å²) in [4.78, 5) is 12.5. The van der Waals surface area contributed by atoms with E-state index in [-0.39, 0.29) is 5.78 Å².